The minimum atomic E-state index is -3.64. The van der Waals surface area contributed by atoms with Crippen molar-refractivity contribution in [3.8, 4) is 11.8 Å². The van der Waals surface area contributed by atoms with E-state index in [9.17, 15) is 8.42 Å². The molecule has 0 atom stereocenters. The van der Waals surface area contributed by atoms with Crippen LogP contribution in [0.25, 0.3) is 0 Å². The third kappa shape index (κ3) is 2.69. The molecular weight excluding hydrogens is 288 g/mol. The highest BCUT2D eigenvalue weighted by Gasteiger charge is 2.19. The summed E-state index contributed by atoms with van der Waals surface area (Å²) in [5.41, 5.74) is 1.80. The molecule has 0 saturated carbocycles. The van der Waals surface area contributed by atoms with E-state index in [2.05, 4.69) is 4.72 Å². The van der Waals surface area contributed by atoms with Crippen LogP contribution in [-0.4, -0.2) is 15.0 Å². The van der Waals surface area contributed by atoms with E-state index in [4.69, 9.17) is 10.00 Å². The van der Waals surface area contributed by atoms with Crippen LogP contribution >= 0.6 is 0 Å². The molecule has 106 valence electrons. The van der Waals surface area contributed by atoms with Crippen LogP contribution in [0.1, 0.15) is 11.1 Å². The summed E-state index contributed by atoms with van der Waals surface area (Å²) in [5.74, 6) is 0.743. The molecule has 0 aromatic heterocycles. The van der Waals surface area contributed by atoms with Gasteiger partial charge in [0.05, 0.1) is 23.1 Å². The summed E-state index contributed by atoms with van der Waals surface area (Å²) in [6, 6.07) is 13.1. The van der Waals surface area contributed by atoms with Crippen LogP contribution in [0, 0.1) is 11.3 Å². The number of anilines is 1. The van der Waals surface area contributed by atoms with E-state index in [0.29, 0.717) is 17.9 Å². The van der Waals surface area contributed by atoms with Crippen molar-refractivity contribution in [3.05, 3.63) is 53.6 Å². The molecule has 3 rings (SSSR count). The largest absolute Gasteiger partial charge is 0.493 e. The van der Waals surface area contributed by atoms with Gasteiger partial charge in [-0.3, -0.25) is 4.72 Å². The predicted molar refractivity (Wildman–Crippen MR) is 77.6 cm³/mol. The maximum atomic E-state index is 12.3. The fraction of sp³-hybridized carbons (Fsp3) is 0.133. The first-order valence-electron chi connectivity index (χ1n) is 6.37. The number of rotatable bonds is 3. The Hall–Kier alpha value is -2.52. The Morgan fingerprint density at radius 2 is 1.90 bits per heavy atom. The average molecular weight is 300 g/mol. The van der Waals surface area contributed by atoms with E-state index in [1.807, 2.05) is 6.07 Å². The molecule has 1 aliphatic rings. The van der Waals surface area contributed by atoms with E-state index >= 15 is 0 Å². The number of sulfonamides is 1. The van der Waals surface area contributed by atoms with Crippen LogP contribution in [0.4, 0.5) is 5.69 Å². The molecule has 0 radical (unpaired) electrons. The Bertz CT molecular complexity index is 821. The molecule has 0 saturated heterocycles. The lowest BCUT2D eigenvalue weighted by Crippen LogP contribution is -2.13. The fourth-order valence-corrected chi connectivity index (χ4v) is 3.27. The summed E-state index contributed by atoms with van der Waals surface area (Å²) >= 11 is 0. The van der Waals surface area contributed by atoms with E-state index in [0.717, 1.165) is 17.7 Å². The van der Waals surface area contributed by atoms with Crippen molar-refractivity contribution >= 4 is 15.7 Å². The van der Waals surface area contributed by atoms with E-state index in [1.165, 1.54) is 6.07 Å². The molecule has 2 aromatic carbocycles. The van der Waals surface area contributed by atoms with Gasteiger partial charge in [-0.15, -0.1) is 0 Å². The third-order valence-corrected chi connectivity index (χ3v) is 4.62. The van der Waals surface area contributed by atoms with E-state index < -0.39 is 10.0 Å². The van der Waals surface area contributed by atoms with Crippen molar-refractivity contribution in [2.75, 3.05) is 11.3 Å². The number of benzene rings is 2. The highest BCUT2D eigenvalue weighted by molar-refractivity contribution is 7.92. The smallest absolute Gasteiger partial charge is 0.261 e. The minimum Gasteiger partial charge on any atom is -0.493 e. The number of hydrogen-bond acceptors (Lipinski definition) is 4. The summed E-state index contributed by atoms with van der Waals surface area (Å²) in [6.45, 7) is 0.585. The summed E-state index contributed by atoms with van der Waals surface area (Å²) in [4.78, 5) is 0.205. The van der Waals surface area contributed by atoms with Gasteiger partial charge in [0.1, 0.15) is 5.75 Å². The molecule has 2 aromatic rings. The van der Waals surface area contributed by atoms with Crippen LogP contribution < -0.4 is 9.46 Å². The molecule has 1 N–H and O–H groups in total. The monoisotopic (exact) mass is 300 g/mol. The molecular formula is C15H12N2O3S. The normalized spacial score (nSPS) is 13.1. The first-order valence-corrected chi connectivity index (χ1v) is 7.85. The van der Waals surface area contributed by atoms with Gasteiger partial charge in [-0.05, 0) is 48.0 Å². The first-order chi connectivity index (χ1) is 10.1. The van der Waals surface area contributed by atoms with Crippen LogP contribution in [0.15, 0.2) is 47.4 Å². The highest BCUT2D eigenvalue weighted by Crippen LogP contribution is 2.28. The van der Waals surface area contributed by atoms with Gasteiger partial charge in [0.2, 0.25) is 0 Å². The zero-order valence-electron chi connectivity index (χ0n) is 11.0. The average Bonchev–Trinajstić information content (AvgIpc) is 2.95. The molecule has 0 unspecified atom stereocenters. The molecule has 0 fully saturated rings. The van der Waals surface area contributed by atoms with E-state index in [1.54, 1.807) is 36.4 Å². The zero-order chi connectivity index (χ0) is 14.9. The maximum Gasteiger partial charge on any atom is 0.261 e. The van der Waals surface area contributed by atoms with Crippen molar-refractivity contribution < 1.29 is 13.2 Å². The molecule has 0 aliphatic carbocycles. The number of nitriles is 1. The molecule has 5 nitrogen and oxygen atoms in total. The third-order valence-electron chi connectivity index (χ3n) is 3.24. The molecule has 0 spiro atoms. The van der Waals surface area contributed by atoms with Crippen LogP contribution in [0.2, 0.25) is 0 Å². The van der Waals surface area contributed by atoms with E-state index in [-0.39, 0.29) is 4.90 Å². The Morgan fingerprint density at radius 3 is 2.62 bits per heavy atom. The zero-order valence-corrected chi connectivity index (χ0v) is 11.9. The highest BCUT2D eigenvalue weighted by atomic mass is 32.2. The molecule has 1 aliphatic heterocycles. The second kappa shape index (κ2) is 5.11. The van der Waals surface area contributed by atoms with Crippen molar-refractivity contribution in [2.45, 2.75) is 11.3 Å². The second-order valence-electron chi connectivity index (χ2n) is 4.66. The molecule has 0 amide bonds. The number of ether oxygens (including phenoxy) is 1. The van der Waals surface area contributed by atoms with Gasteiger partial charge in [0.15, 0.2) is 0 Å². The Labute approximate surface area is 122 Å². The quantitative estimate of drug-likeness (QED) is 0.943. The van der Waals surface area contributed by atoms with Gasteiger partial charge in [-0.1, -0.05) is 0 Å². The van der Waals surface area contributed by atoms with Crippen molar-refractivity contribution in [2.24, 2.45) is 0 Å². The summed E-state index contributed by atoms with van der Waals surface area (Å²) in [7, 11) is -3.64. The maximum absolute atomic E-state index is 12.3. The van der Waals surface area contributed by atoms with Gasteiger partial charge in [0, 0.05) is 12.1 Å². The number of nitrogens with one attached hydrogen (secondary N) is 1. The van der Waals surface area contributed by atoms with Gasteiger partial charge in [0.25, 0.3) is 10.0 Å². The van der Waals surface area contributed by atoms with Crippen molar-refractivity contribution in [1.29, 1.82) is 5.26 Å². The lowest BCUT2D eigenvalue weighted by atomic mass is 10.2. The van der Waals surface area contributed by atoms with Crippen LogP contribution in [-0.2, 0) is 16.4 Å². The van der Waals surface area contributed by atoms with Crippen molar-refractivity contribution in [3.63, 3.8) is 0 Å². The minimum absolute atomic E-state index is 0.205. The number of hydrogen-bond donors (Lipinski definition) is 1. The van der Waals surface area contributed by atoms with Gasteiger partial charge in [-0.2, -0.15) is 5.26 Å². The standard InChI is InChI=1S/C15H12N2O3S/c16-10-11-1-3-13(4-2-11)17-21(18,19)14-5-6-15-12(9-14)7-8-20-15/h1-6,9,17H,7-8H2. The Balaban J connectivity index is 1.88. The topological polar surface area (TPSA) is 79.2 Å². The van der Waals surface area contributed by atoms with Crippen LogP contribution in [0.5, 0.6) is 5.75 Å². The first kappa shape index (κ1) is 13.5. The fourth-order valence-electron chi connectivity index (χ4n) is 2.16. The molecule has 1 heterocycles. The molecule has 6 heteroatoms. The lowest BCUT2D eigenvalue weighted by Gasteiger charge is -2.09. The Morgan fingerprint density at radius 1 is 1.14 bits per heavy atom. The lowest BCUT2D eigenvalue weighted by molar-refractivity contribution is 0.356. The number of nitrogens with zero attached hydrogens (tertiary/aromatic N) is 1. The molecule has 0 bridgehead atoms. The van der Waals surface area contributed by atoms with Crippen molar-refractivity contribution in [1.82, 2.24) is 0 Å². The second-order valence-corrected chi connectivity index (χ2v) is 6.35. The predicted octanol–water partition coefficient (Wildman–Crippen LogP) is 2.29. The van der Waals surface area contributed by atoms with Gasteiger partial charge >= 0.3 is 0 Å². The summed E-state index contributed by atoms with van der Waals surface area (Å²) in [5, 5.41) is 8.73. The Kier molecular flexibility index (Phi) is 3.28. The number of fused-ring (bicyclic) bond motifs is 1. The van der Waals surface area contributed by atoms with Gasteiger partial charge in [-0.25, -0.2) is 8.42 Å². The summed E-state index contributed by atoms with van der Waals surface area (Å²) < 4.78 is 32.5. The SMILES string of the molecule is N#Cc1ccc(NS(=O)(=O)c2ccc3c(c2)CCO3)cc1. The molecule has 21 heavy (non-hydrogen) atoms. The summed E-state index contributed by atoms with van der Waals surface area (Å²) in [6.07, 6.45) is 0.718. The van der Waals surface area contributed by atoms with Gasteiger partial charge < -0.3 is 4.74 Å². The van der Waals surface area contributed by atoms with Crippen LogP contribution in [0.3, 0.4) is 0 Å².